The molecule has 2 aliphatic heterocycles. The molecule has 1 N–H and O–H groups in total. The Labute approximate surface area is 159 Å². The molecule has 1 aromatic heterocycles. The van der Waals surface area contributed by atoms with Crippen LogP contribution in [0.3, 0.4) is 0 Å². The highest BCUT2D eigenvalue weighted by molar-refractivity contribution is 8.27. The predicted octanol–water partition coefficient (Wildman–Crippen LogP) is 3.48. The second kappa shape index (κ2) is 6.54. The van der Waals surface area contributed by atoms with E-state index in [-0.39, 0.29) is 11.4 Å². The van der Waals surface area contributed by atoms with E-state index in [1.807, 2.05) is 60.8 Å². The Kier molecular flexibility index (Phi) is 4.21. The van der Waals surface area contributed by atoms with Crippen molar-refractivity contribution in [3.05, 3.63) is 57.8 Å². The second-order valence-electron chi connectivity index (χ2n) is 5.89. The topological polar surface area (TPSA) is 72.1 Å². The van der Waals surface area contributed by atoms with Crippen molar-refractivity contribution in [1.29, 1.82) is 5.41 Å². The van der Waals surface area contributed by atoms with Crippen molar-refractivity contribution >= 4 is 56.8 Å². The minimum absolute atomic E-state index is 0.0516. The number of amidine groups is 2. The summed E-state index contributed by atoms with van der Waals surface area (Å²) in [5.74, 6) is -0.358. The number of amides is 1. The highest BCUT2D eigenvalue weighted by Gasteiger charge is 2.36. The van der Waals surface area contributed by atoms with Crippen LogP contribution in [0.2, 0.25) is 0 Å². The number of thiophene rings is 1. The van der Waals surface area contributed by atoms with Crippen LogP contribution in [0.1, 0.15) is 10.4 Å². The van der Waals surface area contributed by atoms with Gasteiger partial charge in [0.1, 0.15) is 5.04 Å². The molecule has 0 fully saturated rings. The average molecular weight is 381 g/mol. The number of carbonyl (C=O) groups is 1. The second-order valence-corrected chi connectivity index (χ2v) is 7.79. The van der Waals surface area contributed by atoms with E-state index in [4.69, 9.17) is 5.41 Å². The Hall–Kier alpha value is -2.71. The van der Waals surface area contributed by atoms with Crippen LogP contribution >= 0.6 is 23.1 Å². The summed E-state index contributed by atoms with van der Waals surface area (Å²) in [4.78, 5) is 19.5. The first-order valence-electron chi connectivity index (χ1n) is 7.84. The standard InChI is InChI=1S/C18H15N5OS2/c1-22(2)12-7-5-11(6-8-12)10-13-15(19)23-18(20-16(13)24)26-17(21-23)14-4-3-9-25-14/h3-10,19H,1-2H3/b13-10-,19-15?. The Morgan fingerprint density at radius 1 is 1.19 bits per heavy atom. The molecule has 2 aromatic rings. The Bertz CT molecular complexity index is 972. The maximum absolute atomic E-state index is 12.4. The fraction of sp³-hybridized carbons (Fsp3) is 0.111. The van der Waals surface area contributed by atoms with Gasteiger partial charge >= 0.3 is 0 Å². The van der Waals surface area contributed by atoms with Gasteiger partial charge in [-0.1, -0.05) is 18.2 Å². The summed E-state index contributed by atoms with van der Waals surface area (Å²) in [6, 6.07) is 11.7. The summed E-state index contributed by atoms with van der Waals surface area (Å²) in [6.45, 7) is 0. The van der Waals surface area contributed by atoms with Crippen LogP contribution in [0.25, 0.3) is 6.08 Å². The molecule has 1 aromatic carbocycles. The summed E-state index contributed by atoms with van der Waals surface area (Å²) in [7, 11) is 3.94. The van der Waals surface area contributed by atoms with E-state index in [0.717, 1.165) is 21.2 Å². The molecule has 2 aliphatic rings. The lowest BCUT2D eigenvalue weighted by molar-refractivity contribution is -0.114. The van der Waals surface area contributed by atoms with Gasteiger partial charge in [-0.05, 0) is 47.0 Å². The van der Waals surface area contributed by atoms with Crippen LogP contribution in [-0.2, 0) is 4.79 Å². The molecule has 8 heteroatoms. The van der Waals surface area contributed by atoms with Gasteiger partial charge < -0.3 is 4.90 Å². The van der Waals surface area contributed by atoms with Crippen LogP contribution in [-0.4, -0.2) is 41.1 Å². The number of hydrazone groups is 1. The van der Waals surface area contributed by atoms with Crippen molar-refractivity contribution in [2.45, 2.75) is 0 Å². The Morgan fingerprint density at radius 3 is 2.62 bits per heavy atom. The number of anilines is 1. The molecule has 0 bridgehead atoms. The fourth-order valence-corrected chi connectivity index (χ4v) is 4.21. The van der Waals surface area contributed by atoms with E-state index in [0.29, 0.717) is 5.17 Å². The maximum Gasteiger partial charge on any atom is 0.283 e. The van der Waals surface area contributed by atoms with E-state index in [1.54, 1.807) is 17.4 Å². The van der Waals surface area contributed by atoms with Crippen LogP contribution in [0.15, 0.2) is 57.4 Å². The number of benzene rings is 1. The van der Waals surface area contributed by atoms with Crippen LogP contribution in [0.5, 0.6) is 0 Å². The van der Waals surface area contributed by atoms with Gasteiger partial charge in [-0.3, -0.25) is 10.2 Å². The third-order valence-electron chi connectivity index (χ3n) is 3.91. The molecular formula is C18H15N5OS2. The minimum atomic E-state index is -0.409. The van der Waals surface area contributed by atoms with Crippen LogP contribution < -0.4 is 4.90 Å². The molecule has 0 saturated carbocycles. The zero-order valence-corrected chi connectivity index (χ0v) is 15.8. The first-order chi connectivity index (χ1) is 12.5. The number of rotatable bonds is 3. The van der Waals surface area contributed by atoms with Crippen molar-refractivity contribution in [1.82, 2.24) is 5.01 Å². The Morgan fingerprint density at radius 2 is 1.96 bits per heavy atom. The lowest BCUT2D eigenvalue weighted by atomic mass is 10.1. The number of thioether (sulfide) groups is 1. The largest absolute Gasteiger partial charge is 0.378 e. The molecule has 0 spiro atoms. The Balaban J connectivity index is 1.65. The normalized spacial score (nSPS) is 18.1. The molecule has 0 unspecified atom stereocenters. The predicted molar refractivity (Wildman–Crippen MR) is 109 cm³/mol. The molecular weight excluding hydrogens is 366 g/mol. The van der Waals surface area contributed by atoms with Crippen molar-refractivity contribution < 1.29 is 4.79 Å². The average Bonchev–Trinajstić information content (AvgIpc) is 3.28. The summed E-state index contributed by atoms with van der Waals surface area (Å²) in [5, 5.41) is 17.5. The zero-order valence-electron chi connectivity index (χ0n) is 14.1. The van der Waals surface area contributed by atoms with Gasteiger partial charge in [0.15, 0.2) is 5.84 Å². The number of nitrogens with one attached hydrogen (secondary N) is 1. The van der Waals surface area contributed by atoms with Gasteiger partial charge in [-0.15, -0.1) is 11.3 Å². The smallest absolute Gasteiger partial charge is 0.283 e. The quantitative estimate of drug-likeness (QED) is 0.826. The first kappa shape index (κ1) is 16.7. The minimum Gasteiger partial charge on any atom is -0.378 e. The van der Waals surface area contributed by atoms with Gasteiger partial charge in [-0.25, -0.2) is 0 Å². The summed E-state index contributed by atoms with van der Waals surface area (Å²) in [5.41, 5.74) is 2.15. The lowest BCUT2D eigenvalue weighted by Crippen LogP contribution is -2.35. The number of nitrogens with zero attached hydrogens (tertiary/aromatic N) is 4. The third kappa shape index (κ3) is 2.97. The molecule has 0 saturated heterocycles. The molecule has 1 amide bonds. The van der Waals surface area contributed by atoms with E-state index >= 15 is 0 Å². The third-order valence-corrected chi connectivity index (χ3v) is 5.85. The van der Waals surface area contributed by atoms with E-state index in [9.17, 15) is 4.79 Å². The first-order valence-corrected chi connectivity index (χ1v) is 9.54. The fourth-order valence-electron chi connectivity index (χ4n) is 2.53. The number of hydrogen-bond acceptors (Lipinski definition) is 6. The highest BCUT2D eigenvalue weighted by Crippen LogP contribution is 2.32. The SMILES string of the molecule is CN(C)c1ccc(/C=C2/C(=N)N3N=C(c4cccs4)SC3=NC2=O)cc1. The van der Waals surface area contributed by atoms with E-state index < -0.39 is 5.91 Å². The monoisotopic (exact) mass is 381 g/mol. The number of aliphatic imine (C=N–C) groups is 1. The molecule has 0 atom stereocenters. The highest BCUT2D eigenvalue weighted by atomic mass is 32.2. The zero-order chi connectivity index (χ0) is 18.3. The molecule has 4 rings (SSSR count). The van der Waals surface area contributed by atoms with Crippen LogP contribution in [0.4, 0.5) is 5.69 Å². The van der Waals surface area contributed by atoms with Crippen molar-refractivity contribution in [3.63, 3.8) is 0 Å². The number of carbonyl (C=O) groups excluding carboxylic acids is 1. The molecule has 130 valence electrons. The lowest BCUT2D eigenvalue weighted by Gasteiger charge is -2.20. The van der Waals surface area contributed by atoms with Crippen molar-refractivity contribution in [2.24, 2.45) is 10.1 Å². The van der Waals surface area contributed by atoms with E-state index in [2.05, 4.69) is 10.1 Å². The maximum atomic E-state index is 12.4. The van der Waals surface area contributed by atoms with Crippen LogP contribution in [0, 0.1) is 5.41 Å². The van der Waals surface area contributed by atoms with E-state index in [1.165, 1.54) is 16.8 Å². The molecule has 0 radical (unpaired) electrons. The molecule has 0 aliphatic carbocycles. The molecule has 6 nitrogen and oxygen atoms in total. The van der Waals surface area contributed by atoms with Gasteiger partial charge in [0, 0.05) is 19.8 Å². The van der Waals surface area contributed by atoms with Gasteiger partial charge in [0.2, 0.25) is 5.17 Å². The molecule has 3 heterocycles. The molecule has 26 heavy (non-hydrogen) atoms. The number of fused-ring (bicyclic) bond motifs is 1. The van der Waals surface area contributed by atoms with Gasteiger partial charge in [-0.2, -0.15) is 15.1 Å². The van der Waals surface area contributed by atoms with Crippen molar-refractivity contribution in [3.8, 4) is 0 Å². The van der Waals surface area contributed by atoms with Gasteiger partial charge in [0.05, 0.1) is 10.5 Å². The van der Waals surface area contributed by atoms with Gasteiger partial charge in [0.25, 0.3) is 5.91 Å². The summed E-state index contributed by atoms with van der Waals surface area (Å²) < 4.78 is 0. The summed E-state index contributed by atoms with van der Waals surface area (Å²) in [6.07, 6.45) is 1.69. The van der Waals surface area contributed by atoms with Crippen molar-refractivity contribution in [2.75, 3.05) is 19.0 Å². The number of hydrogen-bond donors (Lipinski definition) is 1. The summed E-state index contributed by atoms with van der Waals surface area (Å²) >= 11 is 2.88.